The van der Waals surface area contributed by atoms with Crippen molar-refractivity contribution in [3.05, 3.63) is 101 Å². The van der Waals surface area contributed by atoms with Gasteiger partial charge in [-0.25, -0.2) is 26.0 Å². The number of nitrogens with two attached hydrogens (primary N) is 1. The highest BCUT2D eigenvalue weighted by Crippen LogP contribution is 2.31. The normalized spacial score (nSPS) is 20.0. The molecular formula is C31H38F4N4O3S. The van der Waals surface area contributed by atoms with E-state index in [0.29, 0.717) is 31.1 Å². The van der Waals surface area contributed by atoms with Crippen LogP contribution in [0.4, 0.5) is 23.2 Å². The van der Waals surface area contributed by atoms with Gasteiger partial charge in [0.05, 0.1) is 18.1 Å². The van der Waals surface area contributed by atoms with Crippen LogP contribution in [0.2, 0.25) is 0 Å². The molecule has 1 aliphatic rings. The third-order valence-electron chi connectivity index (χ3n) is 7.39. The summed E-state index contributed by atoms with van der Waals surface area (Å²) in [5, 5.41) is 5.89. The van der Waals surface area contributed by atoms with Crippen LogP contribution in [-0.4, -0.2) is 56.1 Å². The number of amides is 1. The first-order chi connectivity index (χ1) is 20.2. The number of anilines is 1. The van der Waals surface area contributed by atoms with Gasteiger partial charge in [0.15, 0.2) is 0 Å². The van der Waals surface area contributed by atoms with Gasteiger partial charge in [-0.2, -0.15) is 4.31 Å². The maximum atomic E-state index is 15.1. The molecule has 4 atom stereocenters. The molecule has 2 aromatic rings. The van der Waals surface area contributed by atoms with Crippen LogP contribution >= 0.6 is 0 Å². The lowest BCUT2D eigenvalue weighted by molar-refractivity contribution is -0.117. The molecule has 0 aliphatic carbocycles. The first-order valence-electron chi connectivity index (χ1n) is 13.9. The number of hydrogen-bond acceptors (Lipinski definition) is 5. The van der Waals surface area contributed by atoms with Crippen molar-refractivity contribution >= 4 is 21.6 Å². The Balaban J connectivity index is 1.88. The number of rotatable bonds is 12. The average Bonchev–Trinajstić information content (AvgIpc) is 2.92. The summed E-state index contributed by atoms with van der Waals surface area (Å²) in [5.74, 6) is -4.67. The lowest BCUT2D eigenvalue weighted by Crippen LogP contribution is -2.58. The van der Waals surface area contributed by atoms with Gasteiger partial charge in [0.2, 0.25) is 15.9 Å². The Morgan fingerprint density at radius 1 is 1.14 bits per heavy atom. The Hall–Kier alpha value is -3.32. The number of piperazine rings is 1. The van der Waals surface area contributed by atoms with Crippen molar-refractivity contribution in [3.8, 4) is 0 Å². The Morgan fingerprint density at radius 2 is 1.79 bits per heavy atom. The quantitative estimate of drug-likeness (QED) is 0.222. The van der Waals surface area contributed by atoms with E-state index in [9.17, 15) is 26.4 Å². The Bertz CT molecular complexity index is 1470. The fourth-order valence-electron chi connectivity index (χ4n) is 5.42. The van der Waals surface area contributed by atoms with Crippen LogP contribution in [0, 0.1) is 11.6 Å². The summed E-state index contributed by atoms with van der Waals surface area (Å²) in [7, 11) is -3.53. The van der Waals surface area contributed by atoms with Crippen LogP contribution in [0.25, 0.3) is 0 Å². The summed E-state index contributed by atoms with van der Waals surface area (Å²) < 4.78 is 82.9. The topological polar surface area (TPSA) is 105 Å². The number of carbonyl (C=O) groups excluding carboxylic acids is 1. The summed E-state index contributed by atoms with van der Waals surface area (Å²) in [6.45, 7) is 7.70. The van der Waals surface area contributed by atoms with E-state index in [1.807, 2.05) is 6.92 Å². The van der Waals surface area contributed by atoms with Gasteiger partial charge in [0.1, 0.15) is 17.5 Å². The molecule has 7 nitrogen and oxygen atoms in total. The molecule has 2 aromatic carbocycles. The first kappa shape index (κ1) is 34.2. The van der Waals surface area contributed by atoms with Crippen LogP contribution < -0.4 is 16.4 Å². The molecule has 0 unspecified atom stereocenters. The van der Waals surface area contributed by atoms with Crippen LogP contribution in [0.5, 0.6) is 0 Å². The molecule has 0 saturated carbocycles. The Kier molecular flexibility index (Phi) is 11.9. The average molecular weight is 623 g/mol. The molecular weight excluding hydrogens is 584 g/mol. The second kappa shape index (κ2) is 14.9. The van der Waals surface area contributed by atoms with Gasteiger partial charge >= 0.3 is 0 Å². The largest absolute Gasteiger partial charge is 0.324 e. The van der Waals surface area contributed by atoms with E-state index in [4.69, 9.17) is 5.73 Å². The van der Waals surface area contributed by atoms with E-state index in [1.165, 1.54) is 34.6 Å². The molecule has 0 bridgehead atoms. The third kappa shape index (κ3) is 9.09. The zero-order valence-electron chi connectivity index (χ0n) is 24.4. The maximum Gasteiger partial charge on any atom is 0.242 e. The molecule has 1 saturated heterocycles. The number of allylic oxidation sites excluding steroid dienone is 4. The summed E-state index contributed by atoms with van der Waals surface area (Å²) in [6, 6.07) is 7.18. The van der Waals surface area contributed by atoms with Crippen LogP contribution in [0.3, 0.4) is 0 Å². The molecule has 1 heterocycles. The minimum Gasteiger partial charge on any atom is -0.324 e. The lowest BCUT2D eigenvalue weighted by Gasteiger charge is -2.40. The molecule has 43 heavy (non-hydrogen) atoms. The van der Waals surface area contributed by atoms with Gasteiger partial charge in [0, 0.05) is 48.4 Å². The molecule has 12 heteroatoms. The molecule has 1 aliphatic heterocycles. The van der Waals surface area contributed by atoms with Crippen molar-refractivity contribution in [2.75, 3.05) is 24.7 Å². The molecule has 3 rings (SSSR count). The summed E-state index contributed by atoms with van der Waals surface area (Å²) in [6.07, 6.45) is 3.75. The van der Waals surface area contributed by atoms with E-state index in [2.05, 4.69) is 17.2 Å². The molecule has 234 valence electrons. The zero-order chi connectivity index (χ0) is 31.9. The second-order valence-electron chi connectivity index (χ2n) is 10.7. The SMILES string of the molecule is C=C(/C=C(F)\C=C(/C)F)[C@H](c1ccc(F)cc1)[C@H](N)C(=O)Nc1cccc(F)c1CC[C@H]1CNC[C@@H](CC)N1S(C)(=O)=O. The zero-order valence-corrected chi connectivity index (χ0v) is 25.2. The van der Waals surface area contributed by atoms with Crippen LogP contribution in [-0.2, 0) is 21.2 Å². The predicted octanol–water partition coefficient (Wildman–Crippen LogP) is 5.24. The monoisotopic (exact) mass is 622 g/mol. The molecule has 1 fully saturated rings. The van der Waals surface area contributed by atoms with Gasteiger partial charge in [-0.05, 0) is 67.7 Å². The fourth-order valence-corrected chi connectivity index (χ4v) is 6.91. The summed E-state index contributed by atoms with van der Waals surface area (Å²) in [5.41, 5.74) is 7.04. The van der Waals surface area contributed by atoms with Crippen molar-refractivity contribution in [2.45, 2.75) is 57.2 Å². The fraction of sp³-hybridized carbons (Fsp3) is 0.387. The minimum absolute atomic E-state index is 0.0277. The highest BCUT2D eigenvalue weighted by molar-refractivity contribution is 7.88. The van der Waals surface area contributed by atoms with E-state index in [1.54, 1.807) is 0 Å². The van der Waals surface area contributed by atoms with E-state index >= 15 is 4.39 Å². The van der Waals surface area contributed by atoms with Gasteiger partial charge in [-0.3, -0.25) is 4.79 Å². The van der Waals surface area contributed by atoms with Crippen LogP contribution in [0.15, 0.2) is 78.4 Å². The molecule has 0 spiro atoms. The van der Waals surface area contributed by atoms with Gasteiger partial charge in [0.25, 0.3) is 0 Å². The lowest BCUT2D eigenvalue weighted by atomic mass is 9.85. The number of hydrogen-bond donors (Lipinski definition) is 3. The molecule has 4 N–H and O–H groups in total. The number of nitrogens with one attached hydrogen (secondary N) is 2. The molecule has 1 amide bonds. The number of sulfonamides is 1. The van der Waals surface area contributed by atoms with E-state index < -0.39 is 57.2 Å². The van der Waals surface area contributed by atoms with Crippen molar-refractivity contribution < 1.29 is 30.8 Å². The smallest absolute Gasteiger partial charge is 0.242 e. The maximum absolute atomic E-state index is 15.1. The van der Waals surface area contributed by atoms with Crippen molar-refractivity contribution in [1.29, 1.82) is 0 Å². The van der Waals surface area contributed by atoms with E-state index in [-0.39, 0.29) is 35.7 Å². The van der Waals surface area contributed by atoms with Crippen LogP contribution in [0.1, 0.15) is 43.7 Å². The van der Waals surface area contributed by atoms with Crippen molar-refractivity contribution in [2.24, 2.45) is 5.73 Å². The first-order valence-corrected chi connectivity index (χ1v) is 15.8. The van der Waals surface area contributed by atoms with Crippen molar-refractivity contribution in [3.63, 3.8) is 0 Å². The molecule has 0 aromatic heterocycles. The highest BCUT2D eigenvalue weighted by Gasteiger charge is 2.36. The van der Waals surface area contributed by atoms with E-state index in [0.717, 1.165) is 31.4 Å². The van der Waals surface area contributed by atoms with Gasteiger partial charge in [-0.15, -0.1) is 0 Å². The van der Waals surface area contributed by atoms with Gasteiger partial charge in [-0.1, -0.05) is 31.7 Å². The Morgan fingerprint density at radius 3 is 2.40 bits per heavy atom. The number of nitrogens with zero attached hydrogens (tertiary/aromatic N) is 1. The minimum atomic E-state index is -3.53. The number of halogens is 4. The summed E-state index contributed by atoms with van der Waals surface area (Å²) >= 11 is 0. The molecule has 0 radical (unpaired) electrons. The van der Waals surface area contributed by atoms with Crippen molar-refractivity contribution in [1.82, 2.24) is 9.62 Å². The third-order valence-corrected chi connectivity index (χ3v) is 8.75. The standard InChI is InChI=1S/C31H38F4N4O3S/c1-5-24-17-37-18-25(39(24)43(4,41)42)13-14-26-27(35)7-6-8-28(26)38-31(40)30(36)29(21-9-11-22(33)12-10-21)19(2)15-23(34)16-20(3)32/h6-12,15-16,24-25,29-30,37H,2,5,13-14,17-18,36H2,1,3-4H3,(H,38,40)/b20-16+,23-15+/t24-,25+,29-,30+/m1/s1. The second-order valence-corrected chi connectivity index (χ2v) is 12.5. The highest BCUT2D eigenvalue weighted by atomic mass is 32.2. The number of carbonyl (C=O) groups is 1. The Labute approximate surface area is 250 Å². The summed E-state index contributed by atoms with van der Waals surface area (Å²) in [4.78, 5) is 13.4. The number of benzene rings is 2. The predicted molar refractivity (Wildman–Crippen MR) is 161 cm³/mol. The van der Waals surface area contributed by atoms with Gasteiger partial charge < -0.3 is 16.4 Å².